The van der Waals surface area contributed by atoms with Crippen LogP contribution >= 0.6 is 0 Å². The maximum Gasteiger partial charge on any atom is 0.316 e. The minimum absolute atomic E-state index is 0.515. The number of hydrogen-bond donors (Lipinski definition) is 3. The monoisotopic (exact) mass is 341 g/mol. The van der Waals surface area contributed by atoms with Crippen molar-refractivity contribution in [2.24, 2.45) is 5.73 Å². The Morgan fingerprint density at radius 2 is 2.20 bits per heavy atom. The maximum atomic E-state index is 10.9. The first kappa shape index (κ1) is 15.6. The van der Waals surface area contributed by atoms with Gasteiger partial charge < -0.3 is 20.8 Å². The van der Waals surface area contributed by atoms with Gasteiger partial charge in [0.25, 0.3) is 0 Å². The molecule has 0 bridgehead atoms. The van der Waals surface area contributed by atoms with E-state index in [9.17, 15) is 4.79 Å². The molecule has 2 aromatic heterocycles. The Bertz CT molecular complexity index is 895. The van der Waals surface area contributed by atoms with E-state index in [4.69, 9.17) is 10.5 Å². The first-order valence-corrected chi connectivity index (χ1v) is 8.07. The number of nitrogens with zero attached hydrogens (tertiary/aromatic N) is 4. The van der Waals surface area contributed by atoms with Crippen molar-refractivity contribution >= 4 is 22.8 Å². The van der Waals surface area contributed by atoms with Crippen LogP contribution in [0.25, 0.3) is 17.0 Å². The standard InChI is InChI=1S/C16H19N7O2/c17-15(24)19-12-8-18-23(10-12)16-20-13-2-1-11(7-14(13)21-16)9-22-3-5-25-6-4-22/h1-2,7-8,10H,3-6,9H2,(H,20,21)(H3,17,19,24). The molecule has 1 fully saturated rings. The highest BCUT2D eigenvalue weighted by atomic mass is 16.5. The molecule has 0 spiro atoms. The number of nitrogens with two attached hydrogens (primary N) is 1. The minimum atomic E-state index is -0.628. The summed E-state index contributed by atoms with van der Waals surface area (Å²) in [6, 6.07) is 5.56. The number of benzene rings is 1. The van der Waals surface area contributed by atoms with Crippen molar-refractivity contribution in [3.8, 4) is 5.95 Å². The highest BCUT2D eigenvalue weighted by Gasteiger charge is 2.12. The molecular formula is C16H19N7O2. The average molecular weight is 341 g/mol. The largest absolute Gasteiger partial charge is 0.379 e. The van der Waals surface area contributed by atoms with E-state index in [0.29, 0.717) is 11.6 Å². The first-order chi connectivity index (χ1) is 12.2. The summed E-state index contributed by atoms with van der Waals surface area (Å²) in [5, 5.41) is 6.66. The zero-order valence-electron chi connectivity index (χ0n) is 13.6. The lowest BCUT2D eigenvalue weighted by atomic mass is 10.2. The van der Waals surface area contributed by atoms with Crippen LogP contribution in [-0.4, -0.2) is 57.0 Å². The van der Waals surface area contributed by atoms with Crippen LogP contribution in [0.4, 0.5) is 10.5 Å². The number of primary amides is 1. The number of nitrogens with one attached hydrogen (secondary N) is 2. The van der Waals surface area contributed by atoms with Crippen molar-refractivity contribution < 1.29 is 9.53 Å². The van der Waals surface area contributed by atoms with Crippen LogP contribution in [0.2, 0.25) is 0 Å². The first-order valence-electron chi connectivity index (χ1n) is 8.07. The Morgan fingerprint density at radius 3 is 3.00 bits per heavy atom. The number of urea groups is 1. The van der Waals surface area contributed by atoms with Crippen molar-refractivity contribution in [1.29, 1.82) is 0 Å². The zero-order valence-corrected chi connectivity index (χ0v) is 13.6. The Hall–Kier alpha value is -2.91. The SMILES string of the molecule is NC(=O)Nc1cnn(-c2nc3ccc(CN4CCOCC4)cc3[nH]2)c1. The Labute approximate surface area is 143 Å². The van der Waals surface area contributed by atoms with Gasteiger partial charge in [-0.15, -0.1) is 0 Å². The number of amides is 2. The van der Waals surface area contributed by atoms with Crippen molar-refractivity contribution in [2.45, 2.75) is 6.54 Å². The number of aromatic amines is 1. The van der Waals surface area contributed by atoms with Gasteiger partial charge in [0.15, 0.2) is 0 Å². The van der Waals surface area contributed by atoms with Crippen LogP contribution in [0.3, 0.4) is 0 Å². The van der Waals surface area contributed by atoms with E-state index in [-0.39, 0.29) is 0 Å². The predicted molar refractivity (Wildman–Crippen MR) is 92.5 cm³/mol. The number of aromatic nitrogens is 4. The second-order valence-corrected chi connectivity index (χ2v) is 5.96. The molecular weight excluding hydrogens is 322 g/mol. The number of ether oxygens (including phenoxy) is 1. The third-order valence-corrected chi connectivity index (χ3v) is 4.11. The molecule has 4 rings (SSSR count). The van der Waals surface area contributed by atoms with Gasteiger partial charge in [0.05, 0.1) is 42.3 Å². The molecule has 1 aromatic carbocycles. The van der Waals surface area contributed by atoms with Crippen LogP contribution in [0, 0.1) is 0 Å². The van der Waals surface area contributed by atoms with E-state index in [0.717, 1.165) is 43.9 Å². The van der Waals surface area contributed by atoms with Crippen molar-refractivity contribution in [1.82, 2.24) is 24.6 Å². The van der Waals surface area contributed by atoms with Crippen molar-refractivity contribution in [2.75, 3.05) is 31.6 Å². The van der Waals surface area contributed by atoms with Gasteiger partial charge >= 0.3 is 6.03 Å². The molecule has 130 valence electrons. The summed E-state index contributed by atoms with van der Waals surface area (Å²) in [7, 11) is 0. The van der Waals surface area contributed by atoms with Gasteiger partial charge in [-0.3, -0.25) is 4.90 Å². The molecule has 0 radical (unpaired) electrons. The van der Waals surface area contributed by atoms with E-state index in [1.165, 1.54) is 11.8 Å². The van der Waals surface area contributed by atoms with E-state index < -0.39 is 6.03 Å². The molecule has 0 aliphatic carbocycles. The third kappa shape index (κ3) is 3.47. The Balaban J connectivity index is 1.55. The lowest BCUT2D eigenvalue weighted by Gasteiger charge is -2.26. The molecule has 2 amide bonds. The van der Waals surface area contributed by atoms with Gasteiger partial charge in [0, 0.05) is 19.6 Å². The molecule has 25 heavy (non-hydrogen) atoms. The lowest BCUT2D eigenvalue weighted by Crippen LogP contribution is -2.35. The number of imidazole rings is 1. The second-order valence-electron chi connectivity index (χ2n) is 5.96. The molecule has 3 aromatic rings. The third-order valence-electron chi connectivity index (χ3n) is 4.11. The normalized spacial score (nSPS) is 15.5. The molecule has 1 aliphatic heterocycles. The summed E-state index contributed by atoms with van der Waals surface area (Å²) in [6.45, 7) is 4.38. The summed E-state index contributed by atoms with van der Waals surface area (Å²) in [5.41, 5.74) is 8.65. The van der Waals surface area contributed by atoms with E-state index in [2.05, 4.69) is 37.4 Å². The van der Waals surface area contributed by atoms with Crippen molar-refractivity contribution in [3.63, 3.8) is 0 Å². The summed E-state index contributed by atoms with van der Waals surface area (Å²) in [6.07, 6.45) is 3.17. The number of rotatable bonds is 4. The minimum Gasteiger partial charge on any atom is -0.379 e. The summed E-state index contributed by atoms with van der Waals surface area (Å²) >= 11 is 0. The summed E-state index contributed by atoms with van der Waals surface area (Å²) < 4.78 is 6.95. The van der Waals surface area contributed by atoms with Gasteiger partial charge in [-0.25, -0.2) is 14.5 Å². The number of hydrogen-bond acceptors (Lipinski definition) is 5. The molecule has 9 heteroatoms. The van der Waals surface area contributed by atoms with Gasteiger partial charge in [0.2, 0.25) is 5.95 Å². The zero-order chi connectivity index (χ0) is 17.2. The average Bonchev–Trinajstić information content (AvgIpc) is 3.21. The smallest absolute Gasteiger partial charge is 0.316 e. The molecule has 0 atom stereocenters. The fourth-order valence-electron chi connectivity index (χ4n) is 2.91. The van der Waals surface area contributed by atoms with E-state index in [1.807, 2.05) is 6.07 Å². The molecule has 0 saturated carbocycles. The molecule has 3 heterocycles. The fraction of sp³-hybridized carbons (Fsp3) is 0.312. The van der Waals surface area contributed by atoms with Crippen LogP contribution in [0.15, 0.2) is 30.6 Å². The predicted octanol–water partition coefficient (Wildman–Crippen LogP) is 1.07. The van der Waals surface area contributed by atoms with Crippen LogP contribution in [0.1, 0.15) is 5.56 Å². The van der Waals surface area contributed by atoms with Crippen LogP contribution < -0.4 is 11.1 Å². The van der Waals surface area contributed by atoms with Gasteiger partial charge in [-0.05, 0) is 17.7 Å². The molecule has 9 nitrogen and oxygen atoms in total. The van der Waals surface area contributed by atoms with E-state index in [1.54, 1.807) is 10.9 Å². The molecule has 0 unspecified atom stereocenters. The number of morpholine rings is 1. The number of anilines is 1. The number of fused-ring (bicyclic) bond motifs is 1. The van der Waals surface area contributed by atoms with Crippen molar-refractivity contribution in [3.05, 3.63) is 36.2 Å². The van der Waals surface area contributed by atoms with Gasteiger partial charge in [0.1, 0.15) is 0 Å². The highest BCUT2D eigenvalue weighted by molar-refractivity contribution is 5.87. The molecule has 1 aliphatic rings. The lowest BCUT2D eigenvalue weighted by molar-refractivity contribution is 0.0342. The van der Waals surface area contributed by atoms with Crippen LogP contribution in [-0.2, 0) is 11.3 Å². The molecule has 4 N–H and O–H groups in total. The summed E-state index contributed by atoms with van der Waals surface area (Å²) in [4.78, 5) is 21.1. The Morgan fingerprint density at radius 1 is 1.36 bits per heavy atom. The second kappa shape index (κ2) is 6.54. The maximum absolute atomic E-state index is 10.9. The van der Waals surface area contributed by atoms with E-state index >= 15 is 0 Å². The quantitative estimate of drug-likeness (QED) is 0.657. The van der Waals surface area contributed by atoms with Gasteiger partial charge in [-0.1, -0.05) is 6.07 Å². The Kier molecular flexibility index (Phi) is 4.08. The summed E-state index contributed by atoms with van der Waals surface area (Å²) in [5.74, 6) is 0.580. The topological polar surface area (TPSA) is 114 Å². The highest BCUT2D eigenvalue weighted by Crippen LogP contribution is 2.18. The fourth-order valence-corrected chi connectivity index (χ4v) is 2.91. The number of carbonyl (C=O) groups is 1. The number of carbonyl (C=O) groups excluding carboxylic acids is 1. The number of H-pyrrole nitrogens is 1. The van der Waals surface area contributed by atoms with Crippen LogP contribution in [0.5, 0.6) is 0 Å². The molecule has 1 saturated heterocycles. The van der Waals surface area contributed by atoms with Gasteiger partial charge in [-0.2, -0.15) is 5.10 Å².